The van der Waals surface area contributed by atoms with E-state index in [9.17, 15) is 9.59 Å². The number of carbonyl (C=O) groups excluding carboxylic acids is 2. The SMILES string of the molecule is CC(=O)NCC(=O)N(C)Cc1csc(C#CCN)c1. The van der Waals surface area contributed by atoms with Crippen molar-refractivity contribution in [2.75, 3.05) is 20.1 Å². The highest BCUT2D eigenvalue weighted by Gasteiger charge is 2.10. The second-order valence-corrected chi connectivity index (χ2v) is 4.90. The molecule has 0 spiro atoms. The minimum Gasteiger partial charge on any atom is -0.347 e. The average Bonchev–Trinajstić information content (AvgIpc) is 2.80. The minimum atomic E-state index is -0.211. The van der Waals surface area contributed by atoms with Gasteiger partial charge in [-0.2, -0.15) is 0 Å². The number of carbonyl (C=O) groups is 2. The molecule has 0 bridgehead atoms. The first-order valence-corrected chi connectivity index (χ1v) is 6.65. The maximum atomic E-state index is 11.7. The third kappa shape index (κ3) is 5.55. The second-order valence-electron chi connectivity index (χ2n) is 3.98. The molecule has 0 unspecified atom stereocenters. The maximum Gasteiger partial charge on any atom is 0.242 e. The smallest absolute Gasteiger partial charge is 0.242 e. The van der Waals surface area contributed by atoms with Crippen LogP contribution in [0.15, 0.2) is 11.4 Å². The van der Waals surface area contributed by atoms with Gasteiger partial charge in [0.25, 0.3) is 0 Å². The summed E-state index contributed by atoms with van der Waals surface area (Å²) in [5, 5.41) is 4.44. The normalized spacial score (nSPS) is 9.42. The zero-order valence-electron chi connectivity index (χ0n) is 11.0. The Morgan fingerprint density at radius 2 is 2.26 bits per heavy atom. The fourth-order valence-corrected chi connectivity index (χ4v) is 2.13. The summed E-state index contributed by atoms with van der Waals surface area (Å²) in [5.74, 6) is 5.40. The van der Waals surface area contributed by atoms with Crippen LogP contribution in [-0.2, 0) is 16.1 Å². The van der Waals surface area contributed by atoms with E-state index in [2.05, 4.69) is 17.2 Å². The highest BCUT2D eigenvalue weighted by Crippen LogP contribution is 2.14. The Morgan fingerprint density at radius 3 is 2.89 bits per heavy atom. The molecule has 1 rings (SSSR count). The van der Waals surface area contributed by atoms with Gasteiger partial charge in [-0.15, -0.1) is 11.3 Å². The Balaban J connectivity index is 2.51. The molecule has 6 heteroatoms. The van der Waals surface area contributed by atoms with Crippen molar-refractivity contribution in [3.8, 4) is 11.8 Å². The third-order valence-electron chi connectivity index (χ3n) is 2.30. The van der Waals surface area contributed by atoms with Gasteiger partial charge in [0.2, 0.25) is 11.8 Å². The van der Waals surface area contributed by atoms with E-state index in [1.165, 1.54) is 18.3 Å². The fraction of sp³-hybridized carbons (Fsp3) is 0.385. The van der Waals surface area contributed by atoms with Crippen molar-refractivity contribution in [3.63, 3.8) is 0 Å². The quantitative estimate of drug-likeness (QED) is 0.771. The molecule has 102 valence electrons. The first-order valence-electron chi connectivity index (χ1n) is 5.77. The van der Waals surface area contributed by atoms with Crippen molar-refractivity contribution in [2.24, 2.45) is 5.73 Å². The number of nitrogens with two attached hydrogens (primary N) is 1. The summed E-state index contributed by atoms with van der Waals surface area (Å²) in [5.41, 5.74) is 6.32. The molecule has 2 amide bonds. The van der Waals surface area contributed by atoms with Crippen molar-refractivity contribution in [1.29, 1.82) is 0 Å². The number of nitrogens with zero attached hydrogens (tertiary/aromatic N) is 1. The molecular weight excluding hydrogens is 262 g/mol. The number of thiophene rings is 1. The number of hydrogen-bond acceptors (Lipinski definition) is 4. The maximum absolute atomic E-state index is 11.7. The van der Waals surface area contributed by atoms with Gasteiger partial charge in [0.15, 0.2) is 0 Å². The summed E-state index contributed by atoms with van der Waals surface area (Å²) in [7, 11) is 1.70. The van der Waals surface area contributed by atoms with Crippen LogP contribution in [0, 0.1) is 11.8 Å². The van der Waals surface area contributed by atoms with Crippen LogP contribution >= 0.6 is 11.3 Å². The lowest BCUT2D eigenvalue weighted by atomic mass is 10.3. The molecule has 0 aliphatic rings. The molecule has 1 aromatic rings. The van der Waals surface area contributed by atoms with Gasteiger partial charge < -0.3 is 16.0 Å². The van der Waals surface area contributed by atoms with Gasteiger partial charge in [0.1, 0.15) is 0 Å². The number of amides is 2. The molecule has 1 heterocycles. The third-order valence-corrected chi connectivity index (χ3v) is 3.20. The molecule has 0 saturated heterocycles. The van der Waals surface area contributed by atoms with E-state index in [1.807, 2.05) is 11.4 Å². The molecule has 0 aliphatic carbocycles. The Morgan fingerprint density at radius 1 is 1.53 bits per heavy atom. The van der Waals surface area contributed by atoms with Gasteiger partial charge in [0, 0.05) is 20.5 Å². The molecule has 3 N–H and O–H groups in total. The summed E-state index contributed by atoms with van der Waals surface area (Å²) in [6.07, 6.45) is 0. The summed E-state index contributed by atoms with van der Waals surface area (Å²) < 4.78 is 0. The molecule has 0 fully saturated rings. The van der Waals surface area contributed by atoms with Crippen LogP contribution in [0.2, 0.25) is 0 Å². The summed E-state index contributed by atoms with van der Waals surface area (Å²) in [6.45, 7) is 2.24. The Labute approximate surface area is 116 Å². The first-order chi connectivity index (χ1) is 9.02. The van der Waals surface area contributed by atoms with E-state index < -0.39 is 0 Å². The van der Waals surface area contributed by atoms with Crippen molar-refractivity contribution in [1.82, 2.24) is 10.2 Å². The molecule has 0 saturated carbocycles. The van der Waals surface area contributed by atoms with E-state index in [0.717, 1.165) is 10.4 Å². The fourth-order valence-electron chi connectivity index (χ4n) is 1.36. The van der Waals surface area contributed by atoms with Crippen molar-refractivity contribution >= 4 is 23.2 Å². The molecule has 5 nitrogen and oxygen atoms in total. The van der Waals surface area contributed by atoms with E-state index in [4.69, 9.17) is 5.73 Å². The van der Waals surface area contributed by atoms with Crippen molar-refractivity contribution in [3.05, 3.63) is 21.9 Å². The van der Waals surface area contributed by atoms with Crippen LogP contribution < -0.4 is 11.1 Å². The predicted octanol–water partition coefficient (Wildman–Crippen LogP) is 0.153. The minimum absolute atomic E-state index is 0.0236. The summed E-state index contributed by atoms with van der Waals surface area (Å²) >= 11 is 1.52. The van der Waals surface area contributed by atoms with Crippen LogP contribution in [0.1, 0.15) is 17.4 Å². The number of hydrogen-bond donors (Lipinski definition) is 2. The lowest BCUT2D eigenvalue weighted by Gasteiger charge is -2.16. The zero-order valence-corrected chi connectivity index (χ0v) is 11.8. The van der Waals surface area contributed by atoms with E-state index in [-0.39, 0.29) is 18.4 Å². The van der Waals surface area contributed by atoms with Gasteiger partial charge in [-0.1, -0.05) is 11.8 Å². The van der Waals surface area contributed by atoms with Crippen LogP contribution in [0.5, 0.6) is 0 Å². The van der Waals surface area contributed by atoms with E-state index >= 15 is 0 Å². The predicted molar refractivity (Wildman–Crippen MR) is 75.4 cm³/mol. The van der Waals surface area contributed by atoms with Crippen molar-refractivity contribution in [2.45, 2.75) is 13.5 Å². The number of likely N-dealkylation sites (N-methyl/N-ethyl adjacent to an activating group) is 1. The van der Waals surface area contributed by atoms with Gasteiger partial charge in [-0.3, -0.25) is 9.59 Å². The zero-order chi connectivity index (χ0) is 14.3. The highest BCUT2D eigenvalue weighted by atomic mass is 32.1. The van der Waals surface area contributed by atoms with Gasteiger partial charge in [-0.05, 0) is 17.0 Å². The van der Waals surface area contributed by atoms with Gasteiger partial charge >= 0.3 is 0 Å². The van der Waals surface area contributed by atoms with E-state index in [0.29, 0.717) is 13.1 Å². The number of nitrogens with one attached hydrogen (secondary N) is 1. The standard InChI is InChI=1S/C13H17N3O2S/c1-10(17)15-7-13(18)16(2)8-11-6-12(19-9-11)4-3-5-14/h6,9H,5,7-8,14H2,1-2H3,(H,15,17). The molecular formula is C13H17N3O2S. The van der Waals surface area contributed by atoms with E-state index in [1.54, 1.807) is 11.9 Å². The summed E-state index contributed by atoms with van der Waals surface area (Å²) in [4.78, 5) is 24.9. The Bertz CT molecular complexity index is 513. The molecule has 19 heavy (non-hydrogen) atoms. The molecule has 0 radical (unpaired) electrons. The molecule has 1 aromatic heterocycles. The van der Waals surface area contributed by atoms with Gasteiger partial charge in [-0.25, -0.2) is 0 Å². The van der Waals surface area contributed by atoms with Crippen LogP contribution in [-0.4, -0.2) is 36.9 Å². The van der Waals surface area contributed by atoms with Crippen molar-refractivity contribution < 1.29 is 9.59 Å². The van der Waals surface area contributed by atoms with Gasteiger partial charge in [0.05, 0.1) is 18.0 Å². The lowest BCUT2D eigenvalue weighted by Crippen LogP contribution is -2.36. The highest BCUT2D eigenvalue weighted by molar-refractivity contribution is 7.10. The van der Waals surface area contributed by atoms with Crippen LogP contribution in [0.3, 0.4) is 0 Å². The largest absolute Gasteiger partial charge is 0.347 e. The topological polar surface area (TPSA) is 75.4 Å². The van der Waals surface area contributed by atoms with Crippen LogP contribution in [0.25, 0.3) is 0 Å². The van der Waals surface area contributed by atoms with Crippen LogP contribution in [0.4, 0.5) is 0 Å². The first kappa shape index (κ1) is 15.2. The average molecular weight is 279 g/mol. The summed E-state index contributed by atoms with van der Waals surface area (Å²) in [6, 6.07) is 1.94. The molecule has 0 aromatic carbocycles. The second kappa shape index (κ2) is 7.56. The Hall–Kier alpha value is -1.84. The number of rotatable bonds is 4. The lowest BCUT2D eigenvalue weighted by molar-refractivity contribution is -0.131. The monoisotopic (exact) mass is 279 g/mol. The molecule has 0 atom stereocenters. The molecule has 0 aliphatic heterocycles. The Kier molecular flexibility index (Phi) is 6.06.